The Morgan fingerprint density at radius 2 is 1.96 bits per heavy atom. The van der Waals surface area contributed by atoms with Crippen molar-refractivity contribution in [1.29, 1.82) is 0 Å². The van der Waals surface area contributed by atoms with Crippen molar-refractivity contribution < 1.29 is 4.79 Å². The highest BCUT2D eigenvalue weighted by molar-refractivity contribution is 5.85. The number of fused-ring (bicyclic) bond motifs is 2. The molecular formula is C19H25ClN4O. The zero-order chi connectivity index (χ0) is 16.5. The maximum absolute atomic E-state index is 12.5. The van der Waals surface area contributed by atoms with E-state index in [0.29, 0.717) is 18.4 Å². The molecule has 134 valence electrons. The molecule has 5 nitrogen and oxygen atoms in total. The minimum Gasteiger partial charge on any atom is -0.352 e. The molecule has 2 fully saturated rings. The van der Waals surface area contributed by atoms with Crippen molar-refractivity contribution in [3.8, 4) is 0 Å². The molecule has 1 aromatic heterocycles. The quantitative estimate of drug-likeness (QED) is 0.859. The molecule has 1 heterocycles. The summed E-state index contributed by atoms with van der Waals surface area (Å²) in [6.07, 6.45) is 7.31. The van der Waals surface area contributed by atoms with Gasteiger partial charge in [0, 0.05) is 24.3 Å². The lowest BCUT2D eigenvalue weighted by Gasteiger charge is -2.26. The van der Waals surface area contributed by atoms with Crippen LogP contribution < -0.4 is 11.1 Å². The number of aromatic nitrogens is 2. The van der Waals surface area contributed by atoms with Gasteiger partial charge in [0.05, 0.1) is 18.7 Å². The first-order chi connectivity index (χ1) is 11.7. The van der Waals surface area contributed by atoms with E-state index in [1.165, 1.54) is 12.0 Å². The van der Waals surface area contributed by atoms with Crippen molar-refractivity contribution in [3.05, 3.63) is 53.9 Å². The molecule has 2 bridgehead atoms. The molecule has 2 saturated carbocycles. The molecule has 0 radical (unpaired) electrons. The lowest BCUT2D eigenvalue weighted by Crippen LogP contribution is -2.45. The number of rotatable bonds is 5. The van der Waals surface area contributed by atoms with Crippen LogP contribution >= 0.6 is 12.4 Å². The summed E-state index contributed by atoms with van der Waals surface area (Å²) in [7, 11) is 0. The fraction of sp³-hybridized carbons (Fsp3) is 0.474. The highest BCUT2D eigenvalue weighted by Crippen LogP contribution is 2.47. The van der Waals surface area contributed by atoms with Gasteiger partial charge in [0.2, 0.25) is 5.91 Å². The van der Waals surface area contributed by atoms with E-state index in [4.69, 9.17) is 5.73 Å². The summed E-state index contributed by atoms with van der Waals surface area (Å²) < 4.78 is 1.90. The van der Waals surface area contributed by atoms with Crippen molar-refractivity contribution >= 4 is 18.3 Å². The lowest BCUT2D eigenvalue weighted by molar-refractivity contribution is -0.127. The molecule has 4 rings (SSSR count). The van der Waals surface area contributed by atoms with Gasteiger partial charge in [-0.25, -0.2) is 0 Å². The Bertz CT molecular complexity index is 715. The summed E-state index contributed by atoms with van der Waals surface area (Å²) in [6, 6.07) is 10.3. The molecule has 0 saturated heterocycles. The van der Waals surface area contributed by atoms with Crippen LogP contribution in [0.15, 0.2) is 42.7 Å². The van der Waals surface area contributed by atoms with Crippen LogP contribution in [0.3, 0.4) is 0 Å². The van der Waals surface area contributed by atoms with Gasteiger partial charge in [-0.3, -0.25) is 9.48 Å². The molecule has 3 N–H and O–H groups in total. The first kappa shape index (κ1) is 18.0. The van der Waals surface area contributed by atoms with E-state index in [1.807, 2.05) is 35.3 Å². The molecular weight excluding hydrogens is 336 g/mol. The highest BCUT2D eigenvalue weighted by Gasteiger charge is 2.48. The predicted molar refractivity (Wildman–Crippen MR) is 99.2 cm³/mol. The van der Waals surface area contributed by atoms with Gasteiger partial charge in [-0.15, -0.1) is 12.4 Å². The first-order valence-corrected chi connectivity index (χ1v) is 8.79. The maximum Gasteiger partial charge on any atom is 0.225 e. The molecule has 2 aliphatic carbocycles. The third-order valence-electron chi connectivity index (χ3n) is 5.62. The Labute approximate surface area is 154 Å². The number of halogens is 1. The number of benzene rings is 1. The highest BCUT2D eigenvalue weighted by atomic mass is 35.5. The minimum atomic E-state index is 0. The number of nitrogens with zero attached hydrogens (tertiary/aromatic N) is 2. The fourth-order valence-corrected chi connectivity index (χ4v) is 4.39. The van der Waals surface area contributed by atoms with E-state index < -0.39 is 0 Å². The summed E-state index contributed by atoms with van der Waals surface area (Å²) in [5.74, 6) is 1.17. The molecule has 6 heteroatoms. The van der Waals surface area contributed by atoms with Crippen molar-refractivity contribution in [2.24, 2.45) is 23.5 Å². The van der Waals surface area contributed by atoms with Crippen molar-refractivity contribution in [1.82, 2.24) is 15.1 Å². The number of nitrogens with two attached hydrogens (primary N) is 1. The Hall–Kier alpha value is -1.85. The number of hydrogen-bond donors (Lipinski definition) is 2. The van der Waals surface area contributed by atoms with Gasteiger partial charge in [0.1, 0.15) is 0 Å². The van der Waals surface area contributed by atoms with E-state index in [0.717, 1.165) is 24.9 Å². The van der Waals surface area contributed by atoms with E-state index in [1.54, 1.807) is 0 Å². The van der Waals surface area contributed by atoms with Crippen molar-refractivity contribution in [3.63, 3.8) is 0 Å². The largest absolute Gasteiger partial charge is 0.352 e. The Kier molecular flexibility index (Phi) is 5.45. The molecule has 0 spiro atoms. The zero-order valence-electron chi connectivity index (χ0n) is 14.2. The molecule has 2 aliphatic rings. The van der Waals surface area contributed by atoms with Gasteiger partial charge in [-0.2, -0.15) is 5.10 Å². The van der Waals surface area contributed by atoms with Gasteiger partial charge in [0.25, 0.3) is 0 Å². The van der Waals surface area contributed by atoms with Gasteiger partial charge in [-0.1, -0.05) is 30.3 Å². The molecule has 4 unspecified atom stereocenters. The van der Waals surface area contributed by atoms with Crippen molar-refractivity contribution in [2.45, 2.75) is 38.4 Å². The molecule has 4 atom stereocenters. The Morgan fingerprint density at radius 3 is 2.68 bits per heavy atom. The Morgan fingerprint density at radius 1 is 1.20 bits per heavy atom. The second-order valence-electron chi connectivity index (χ2n) is 7.19. The third-order valence-corrected chi connectivity index (χ3v) is 5.62. The van der Waals surface area contributed by atoms with E-state index in [9.17, 15) is 4.79 Å². The van der Waals surface area contributed by atoms with Crippen LogP contribution in [0.25, 0.3) is 0 Å². The van der Waals surface area contributed by atoms with E-state index >= 15 is 0 Å². The van der Waals surface area contributed by atoms with Crippen LogP contribution in [0.4, 0.5) is 0 Å². The first-order valence-electron chi connectivity index (χ1n) is 8.79. The number of carbonyl (C=O) groups is 1. The van der Waals surface area contributed by atoms with E-state index in [2.05, 4.69) is 22.5 Å². The number of nitrogens with one attached hydrogen (secondary N) is 1. The van der Waals surface area contributed by atoms with Crippen LogP contribution in [0.5, 0.6) is 0 Å². The molecule has 25 heavy (non-hydrogen) atoms. The average Bonchev–Trinajstić information content (AvgIpc) is 3.30. The zero-order valence-corrected chi connectivity index (χ0v) is 15.0. The van der Waals surface area contributed by atoms with Crippen LogP contribution in [0.2, 0.25) is 0 Å². The maximum atomic E-state index is 12.5. The summed E-state index contributed by atoms with van der Waals surface area (Å²) in [5, 5.41) is 7.44. The van der Waals surface area contributed by atoms with Gasteiger partial charge in [-0.05, 0) is 36.7 Å². The second-order valence-corrected chi connectivity index (χ2v) is 7.19. The van der Waals surface area contributed by atoms with Gasteiger partial charge in [0.15, 0.2) is 0 Å². The van der Waals surface area contributed by atoms with Gasteiger partial charge < -0.3 is 11.1 Å². The number of carbonyl (C=O) groups excluding carboxylic acids is 1. The number of amides is 1. The topological polar surface area (TPSA) is 72.9 Å². The molecule has 1 aromatic carbocycles. The number of hydrogen-bond acceptors (Lipinski definition) is 3. The third kappa shape index (κ3) is 3.72. The summed E-state index contributed by atoms with van der Waals surface area (Å²) >= 11 is 0. The molecule has 0 aliphatic heterocycles. The molecule has 2 aromatic rings. The summed E-state index contributed by atoms with van der Waals surface area (Å²) in [6.45, 7) is 1.26. The lowest BCUT2D eigenvalue weighted by atomic mass is 9.84. The van der Waals surface area contributed by atoms with Crippen LogP contribution in [-0.2, 0) is 17.9 Å². The Balaban J connectivity index is 0.00000182. The SMILES string of the molecule is Cl.NC1C2CCC(C2)C1C(=O)NCc1cnn(Cc2ccccc2)c1. The second kappa shape index (κ2) is 7.58. The molecule has 1 amide bonds. The summed E-state index contributed by atoms with van der Waals surface area (Å²) in [5.41, 5.74) is 8.48. The van der Waals surface area contributed by atoms with Crippen LogP contribution in [-0.4, -0.2) is 21.7 Å². The normalized spacial score (nSPS) is 27.1. The van der Waals surface area contributed by atoms with E-state index in [-0.39, 0.29) is 30.3 Å². The van der Waals surface area contributed by atoms with Crippen molar-refractivity contribution in [2.75, 3.05) is 0 Å². The monoisotopic (exact) mass is 360 g/mol. The van der Waals surface area contributed by atoms with Crippen LogP contribution in [0.1, 0.15) is 30.4 Å². The summed E-state index contributed by atoms with van der Waals surface area (Å²) in [4.78, 5) is 12.5. The van der Waals surface area contributed by atoms with Crippen LogP contribution in [0, 0.1) is 17.8 Å². The van der Waals surface area contributed by atoms with Gasteiger partial charge >= 0.3 is 0 Å². The average molecular weight is 361 g/mol. The fourth-order valence-electron chi connectivity index (χ4n) is 4.39. The predicted octanol–water partition coefficient (Wildman–Crippen LogP) is 2.34. The standard InChI is InChI=1S/C19H24N4O.ClH/c20-18-16-7-6-15(8-16)17(18)19(24)21-9-14-10-22-23(12-14)11-13-4-2-1-3-5-13;/h1-5,10,12,15-18H,6-9,11,20H2,(H,21,24);1H. The smallest absolute Gasteiger partial charge is 0.225 e. The minimum absolute atomic E-state index is 0.